The van der Waals surface area contributed by atoms with Crippen molar-refractivity contribution in [3.05, 3.63) is 83.9 Å². The van der Waals surface area contributed by atoms with Gasteiger partial charge < -0.3 is 15.2 Å². The molecule has 142 valence electrons. The van der Waals surface area contributed by atoms with Gasteiger partial charge in [0.25, 0.3) is 0 Å². The summed E-state index contributed by atoms with van der Waals surface area (Å²) in [6, 6.07) is 25.2. The molecule has 1 atom stereocenters. The van der Waals surface area contributed by atoms with Crippen LogP contribution in [-0.2, 0) is 6.42 Å². The fourth-order valence-electron chi connectivity index (χ4n) is 3.19. The van der Waals surface area contributed by atoms with Gasteiger partial charge in [-0.1, -0.05) is 60.7 Å². The van der Waals surface area contributed by atoms with Gasteiger partial charge in [0.15, 0.2) is 11.5 Å². The van der Waals surface area contributed by atoms with Gasteiger partial charge in [0.05, 0.1) is 14.2 Å². The quantitative estimate of drug-likeness (QED) is 0.618. The van der Waals surface area contributed by atoms with Gasteiger partial charge in [-0.15, -0.1) is 12.4 Å². The number of benzene rings is 3. The highest BCUT2D eigenvalue weighted by atomic mass is 35.5. The Morgan fingerprint density at radius 2 is 1.41 bits per heavy atom. The molecule has 0 spiro atoms. The minimum Gasteiger partial charge on any atom is -0.493 e. The smallest absolute Gasteiger partial charge is 0.160 e. The summed E-state index contributed by atoms with van der Waals surface area (Å²) in [5, 5.41) is 0. The maximum atomic E-state index is 6.06. The fraction of sp³-hybridized carbons (Fsp3) is 0.217. The van der Waals surface area contributed by atoms with Crippen LogP contribution in [0.4, 0.5) is 0 Å². The van der Waals surface area contributed by atoms with Gasteiger partial charge >= 0.3 is 0 Å². The zero-order chi connectivity index (χ0) is 18.4. The molecule has 3 aromatic rings. The topological polar surface area (TPSA) is 44.5 Å². The number of ether oxygens (including phenoxy) is 2. The zero-order valence-corrected chi connectivity index (χ0v) is 16.5. The Labute approximate surface area is 167 Å². The molecule has 0 bridgehead atoms. The molecule has 0 aliphatic carbocycles. The van der Waals surface area contributed by atoms with Crippen LogP contribution >= 0.6 is 12.4 Å². The van der Waals surface area contributed by atoms with Crippen LogP contribution < -0.4 is 15.2 Å². The molecule has 0 radical (unpaired) electrons. The average molecular weight is 384 g/mol. The Balaban J connectivity index is 0.00000261. The van der Waals surface area contributed by atoms with Gasteiger partial charge in [0.1, 0.15) is 0 Å². The molecule has 3 nitrogen and oxygen atoms in total. The second kappa shape index (κ2) is 10.0. The summed E-state index contributed by atoms with van der Waals surface area (Å²) >= 11 is 0. The number of rotatable bonds is 7. The van der Waals surface area contributed by atoms with E-state index < -0.39 is 0 Å². The summed E-state index contributed by atoms with van der Waals surface area (Å²) in [6.07, 6.45) is 0.890. The number of methoxy groups -OCH3 is 2. The van der Waals surface area contributed by atoms with E-state index in [0.29, 0.717) is 6.54 Å². The summed E-state index contributed by atoms with van der Waals surface area (Å²) in [6.45, 7) is 0.579. The third-order valence-corrected chi connectivity index (χ3v) is 4.71. The van der Waals surface area contributed by atoms with Crippen molar-refractivity contribution in [2.45, 2.75) is 12.3 Å². The zero-order valence-electron chi connectivity index (χ0n) is 15.7. The molecular formula is C23H26ClNO2. The third-order valence-electron chi connectivity index (χ3n) is 4.71. The van der Waals surface area contributed by atoms with Crippen molar-refractivity contribution in [3.8, 4) is 22.6 Å². The Morgan fingerprint density at radius 3 is 2.00 bits per heavy atom. The first-order valence-corrected chi connectivity index (χ1v) is 8.81. The van der Waals surface area contributed by atoms with Crippen molar-refractivity contribution in [2.75, 3.05) is 20.8 Å². The monoisotopic (exact) mass is 383 g/mol. The van der Waals surface area contributed by atoms with Crippen LogP contribution in [-0.4, -0.2) is 20.8 Å². The third kappa shape index (κ3) is 5.03. The first kappa shape index (κ1) is 20.8. The number of hydrogen-bond donors (Lipinski definition) is 1. The highest BCUT2D eigenvalue weighted by molar-refractivity contribution is 5.85. The van der Waals surface area contributed by atoms with E-state index in [4.69, 9.17) is 15.2 Å². The van der Waals surface area contributed by atoms with E-state index in [0.717, 1.165) is 23.5 Å². The Kier molecular flexibility index (Phi) is 7.71. The van der Waals surface area contributed by atoms with Gasteiger partial charge in [0.2, 0.25) is 0 Å². The van der Waals surface area contributed by atoms with Crippen LogP contribution in [0.3, 0.4) is 0 Å². The van der Waals surface area contributed by atoms with Crippen molar-refractivity contribution in [1.82, 2.24) is 0 Å². The summed E-state index contributed by atoms with van der Waals surface area (Å²) < 4.78 is 10.7. The van der Waals surface area contributed by atoms with Crippen molar-refractivity contribution in [1.29, 1.82) is 0 Å². The number of nitrogens with two attached hydrogens (primary N) is 1. The number of halogens is 1. The molecule has 0 saturated carbocycles. The molecule has 4 heteroatoms. The standard InChI is InChI=1S/C23H25NO2.ClH/c1-25-22-13-12-20(15-23(22)26-2)21(16-24)14-17-8-10-19(11-9-17)18-6-4-3-5-7-18;/h3-13,15,21H,14,16,24H2,1-2H3;1H. The molecule has 0 fully saturated rings. The molecule has 0 heterocycles. The average Bonchev–Trinajstić information content (AvgIpc) is 2.72. The molecule has 3 aromatic carbocycles. The van der Waals surface area contributed by atoms with E-state index >= 15 is 0 Å². The lowest BCUT2D eigenvalue weighted by atomic mass is 9.91. The van der Waals surface area contributed by atoms with E-state index in [9.17, 15) is 0 Å². The van der Waals surface area contributed by atoms with E-state index in [1.165, 1.54) is 16.7 Å². The SMILES string of the molecule is COc1ccc(C(CN)Cc2ccc(-c3ccccc3)cc2)cc1OC.Cl. The second-order valence-corrected chi connectivity index (χ2v) is 6.31. The maximum absolute atomic E-state index is 6.06. The van der Waals surface area contributed by atoms with E-state index in [1.807, 2.05) is 18.2 Å². The highest BCUT2D eigenvalue weighted by Crippen LogP contribution is 2.32. The molecule has 27 heavy (non-hydrogen) atoms. The molecule has 2 N–H and O–H groups in total. The summed E-state index contributed by atoms with van der Waals surface area (Å²) in [4.78, 5) is 0. The Morgan fingerprint density at radius 1 is 0.778 bits per heavy atom. The molecule has 0 aliphatic rings. The second-order valence-electron chi connectivity index (χ2n) is 6.31. The first-order chi connectivity index (χ1) is 12.7. The Bertz CT molecular complexity index is 835. The van der Waals surface area contributed by atoms with Gasteiger partial charge in [-0.3, -0.25) is 0 Å². The molecule has 0 amide bonds. The van der Waals surface area contributed by atoms with Gasteiger partial charge in [-0.25, -0.2) is 0 Å². The van der Waals surface area contributed by atoms with Gasteiger partial charge in [-0.05, 0) is 47.4 Å². The lowest BCUT2D eigenvalue weighted by Gasteiger charge is -2.18. The predicted molar refractivity (Wildman–Crippen MR) is 114 cm³/mol. The minimum atomic E-state index is 0. The van der Waals surface area contributed by atoms with Crippen molar-refractivity contribution >= 4 is 12.4 Å². The largest absolute Gasteiger partial charge is 0.493 e. The van der Waals surface area contributed by atoms with E-state index in [2.05, 4.69) is 54.6 Å². The summed E-state index contributed by atoms with van der Waals surface area (Å²) in [5.74, 6) is 1.71. The molecule has 0 aromatic heterocycles. The van der Waals surface area contributed by atoms with Crippen molar-refractivity contribution < 1.29 is 9.47 Å². The van der Waals surface area contributed by atoms with Crippen LogP contribution in [0.1, 0.15) is 17.0 Å². The van der Waals surface area contributed by atoms with Gasteiger partial charge in [-0.2, -0.15) is 0 Å². The Hall–Kier alpha value is -2.49. The van der Waals surface area contributed by atoms with E-state index in [1.54, 1.807) is 14.2 Å². The molecular weight excluding hydrogens is 358 g/mol. The number of hydrogen-bond acceptors (Lipinski definition) is 3. The molecule has 3 rings (SSSR count). The van der Waals surface area contributed by atoms with Crippen LogP contribution in [0.25, 0.3) is 11.1 Å². The van der Waals surface area contributed by atoms with Crippen LogP contribution in [0.2, 0.25) is 0 Å². The molecule has 1 unspecified atom stereocenters. The van der Waals surface area contributed by atoms with Crippen molar-refractivity contribution in [2.24, 2.45) is 5.73 Å². The normalized spacial score (nSPS) is 11.4. The fourth-order valence-corrected chi connectivity index (χ4v) is 3.19. The van der Waals surface area contributed by atoms with Gasteiger partial charge in [0, 0.05) is 5.92 Å². The lowest BCUT2D eigenvalue weighted by molar-refractivity contribution is 0.354. The first-order valence-electron chi connectivity index (χ1n) is 8.81. The maximum Gasteiger partial charge on any atom is 0.160 e. The lowest BCUT2D eigenvalue weighted by Crippen LogP contribution is -2.15. The minimum absolute atomic E-state index is 0. The summed E-state index contributed by atoms with van der Waals surface area (Å²) in [5.41, 5.74) is 11.0. The van der Waals surface area contributed by atoms with Crippen molar-refractivity contribution in [3.63, 3.8) is 0 Å². The summed E-state index contributed by atoms with van der Waals surface area (Å²) in [7, 11) is 3.30. The highest BCUT2D eigenvalue weighted by Gasteiger charge is 2.14. The van der Waals surface area contributed by atoms with Crippen LogP contribution in [0.5, 0.6) is 11.5 Å². The molecule has 0 aliphatic heterocycles. The predicted octanol–water partition coefficient (Wildman–Crippen LogP) is 5.08. The van der Waals surface area contributed by atoms with Crippen LogP contribution in [0, 0.1) is 0 Å². The molecule has 0 saturated heterocycles. The van der Waals surface area contributed by atoms with Crippen LogP contribution in [0.15, 0.2) is 72.8 Å². The van der Waals surface area contributed by atoms with E-state index in [-0.39, 0.29) is 18.3 Å².